The van der Waals surface area contributed by atoms with Crippen LogP contribution in [0.1, 0.15) is 44.5 Å². The number of benzene rings is 8. The highest BCUT2D eigenvalue weighted by atomic mass is 16.5. The highest BCUT2D eigenvalue weighted by molar-refractivity contribution is 5.92. The van der Waals surface area contributed by atoms with E-state index in [0.717, 1.165) is 33.8 Å². The predicted octanol–water partition coefficient (Wildman–Crippen LogP) is 13.2. The Bertz CT molecular complexity index is 2460. The number of aryl methyl sites for hydroxylation is 4. The van der Waals surface area contributed by atoms with Gasteiger partial charge in [-0.1, -0.05) is 97.1 Å². The molecule has 0 bridgehead atoms. The lowest BCUT2D eigenvalue weighted by atomic mass is 9.67. The molecule has 9 rings (SSSR count). The third-order valence-corrected chi connectivity index (χ3v) is 10.9. The van der Waals surface area contributed by atoms with E-state index in [9.17, 15) is 0 Å². The smallest absolute Gasteiger partial charge is 0.128 e. The molecule has 51 heavy (non-hydrogen) atoms. The molecular weight excluding hydrogens is 621 g/mol. The minimum Gasteiger partial charge on any atom is -0.457 e. The molecule has 0 amide bonds. The number of hydrogen-bond donors (Lipinski definition) is 0. The summed E-state index contributed by atoms with van der Waals surface area (Å²) in [6, 6.07) is 57.0. The van der Waals surface area contributed by atoms with Crippen LogP contribution in [-0.4, -0.2) is 0 Å². The largest absolute Gasteiger partial charge is 0.457 e. The summed E-state index contributed by atoms with van der Waals surface area (Å²) in [5.41, 5.74) is 12.1. The molecule has 8 aromatic carbocycles. The second-order valence-corrected chi connectivity index (χ2v) is 14.0. The van der Waals surface area contributed by atoms with Crippen LogP contribution >= 0.6 is 0 Å². The number of fused-ring (bicyclic) bond motifs is 5. The molecular formula is C49H38O2. The van der Waals surface area contributed by atoms with E-state index >= 15 is 0 Å². The second-order valence-electron chi connectivity index (χ2n) is 14.0. The topological polar surface area (TPSA) is 18.5 Å². The molecule has 0 radical (unpaired) electrons. The van der Waals surface area contributed by atoms with Crippen molar-refractivity contribution in [3.8, 4) is 34.1 Å². The zero-order chi connectivity index (χ0) is 34.7. The van der Waals surface area contributed by atoms with E-state index in [2.05, 4.69) is 173 Å². The Labute approximate surface area is 299 Å². The van der Waals surface area contributed by atoms with Crippen molar-refractivity contribution in [1.29, 1.82) is 0 Å². The highest BCUT2D eigenvalue weighted by Gasteiger charge is 2.46. The van der Waals surface area contributed by atoms with Crippen molar-refractivity contribution in [3.05, 3.63) is 202 Å². The maximum Gasteiger partial charge on any atom is 0.128 e. The first-order valence-electron chi connectivity index (χ1n) is 17.6. The van der Waals surface area contributed by atoms with Crippen molar-refractivity contribution >= 4 is 21.5 Å². The summed E-state index contributed by atoms with van der Waals surface area (Å²) in [7, 11) is 0. The Hall–Kier alpha value is -6.12. The predicted molar refractivity (Wildman–Crippen MR) is 211 cm³/mol. The van der Waals surface area contributed by atoms with E-state index in [1.807, 2.05) is 12.1 Å². The molecule has 0 spiro atoms. The van der Waals surface area contributed by atoms with Gasteiger partial charge in [0.25, 0.3) is 0 Å². The van der Waals surface area contributed by atoms with Crippen LogP contribution in [0.2, 0.25) is 0 Å². The van der Waals surface area contributed by atoms with Gasteiger partial charge in [-0.25, -0.2) is 0 Å². The van der Waals surface area contributed by atoms with Gasteiger partial charge in [-0.05, 0) is 166 Å². The summed E-state index contributed by atoms with van der Waals surface area (Å²) in [6.07, 6.45) is 0. The van der Waals surface area contributed by atoms with Crippen molar-refractivity contribution in [2.75, 3.05) is 0 Å². The van der Waals surface area contributed by atoms with Crippen LogP contribution in [0.5, 0.6) is 23.0 Å². The fourth-order valence-electron chi connectivity index (χ4n) is 7.89. The fraction of sp³-hybridized carbons (Fsp3) is 0.102. The first-order valence-corrected chi connectivity index (χ1v) is 17.6. The third kappa shape index (κ3) is 5.18. The van der Waals surface area contributed by atoms with E-state index in [1.165, 1.54) is 66.4 Å². The average molecular weight is 659 g/mol. The Balaban J connectivity index is 1.17. The van der Waals surface area contributed by atoms with Gasteiger partial charge >= 0.3 is 0 Å². The highest BCUT2D eigenvalue weighted by Crippen LogP contribution is 2.56. The molecule has 0 atom stereocenters. The van der Waals surface area contributed by atoms with E-state index < -0.39 is 5.41 Å². The summed E-state index contributed by atoms with van der Waals surface area (Å²) < 4.78 is 12.6. The first kappa shape index (κ1) is 30.9. The normalized spacial score (nSPS) is 12.9. The van der Waals surface area contributed by atoms with Crippen LogP contribution in [0.4, 0.5) is 0 Å². The van der Waals surface area contributed by atoms with Crippen LogP contribution < -0.4 is 9.47 Å². The molecule has 0 heterocycles. The van der Waals surface area contributed by atoms with Gasteiger partial charge in [0.2, 0.25) is 0 Å². The van der Waals surface area contributed by atoms with Crippen molar-refractivity contribution < 1.29 is 9.47 Å². The minimum absolute atomic E-state index is 0.501. The lowest BCUT2D eigenvalue weighted by Gasteiger charge is -2.34. The average Bonchev–Trinajstić information content (AvgIpc) is 3.45. The molecule has 0 fully saturated rings. The zero-order valence-electron chi connectivity index (χ0n) is 29.3. The third-order valence-electron chi connectivity index (χ3n) is 10.9. The molecule has 2 heteroatoms. The van der Waals surface area contributed by atoms with Crippen LogP contribution in [0.3, 0.4) is 0 Å². The van der Waals surface area contributed by atoms with Crippen LogP contribution in [0.25, 0.3) is 32.7 Å². The SMILES string of the molecule is Cc1ccc(Oc2ccc3cc(C4(c5ccc6cc(Oc7ccc(C)c(C)c7)ccc6c5)c5ccccc5-c5ccccc54)ccc3c2)cc1C. The van der Waals surface area contributed by atoms with Gasteiger partial charge in [0.1, 0.15) is 23.0 Å². The van der Waals surface area contributed by atoms with Gasteiger partial charge in [-0.3, -0.25) is 0 Å². The maximum atomic E-state index is 6.32. The summed E-state index contributed by atoms with van der Waals surface area (Å²) in [5, 5.41) is 4.64. The van der Waals surface area contributed by atoms with Crippen LogP contribution in [0, 0.1) is 27.7 Å². The van der Waals surface area contributed by atoms with Gasteiger partial charge in [0, 0.05) is 0 Å². The number of ether oxygens (including phenoxy) is 2. The molecule has 2 nitrogen and oxygen atoms in total. The second kappa shape index (κ2) is 12.0. The van der Waals surface area contributed by atoms with E-state index in [0.29, 0.717) is 0 Å². The van der Waals surface area contributed by atoms with E-state index in [1.54, 1.807) is 0 Å². The monoisotopic (exact) mass is 658 g/mol. The number of rotatable bonds is 6. The molecule has 0 unspecified atom stereocenters. The quantitative estimate of drug-likeness (QED) is 0.177. The summed E-state index contributed by atoms with van der Waals surface area (Å²) in [5.74, 6) is 3.38. The summed E-state index contributed by atoms with van der Waals surface area (Å²) in [4.78, 5) is 0. The summed E-state index contributed by atoms with van der Waals surface area (Å²) in [6.45, 7) is 8.48. The molecule has 0 saturated heterocycles. The molecule has 1 aliphatic carbocycles. The molecule has 8 aromatic rings. The molecule has 1 aliphatic rings. The first-order chi connectivity index (χ1) is 24.9. The van der Waals surface area contributed by atoms with Gasteiger partial charge in [-0.2, -0.15) is 0 Å². The van der Waals surface area contributed by atoms with Crippen LogP contribution in [0.15, 0.2) is 158 Å². The van der Waals surface area contributed by atoms with Crippen molar-refractivity contribution in [1.82, 2.24) is 0 Å². The van der Waals surface area contributed by atoms with Gasteiger partial charge < -0.3 is 9.47 Å². The molecule has 0 saturated carbocycles. The minimum atomic E-state index is -0.501. The van der Waals surface area contributed by atoms with Crippen molar-refractivity contribution in [3.63, 3.8) is 0 Å². The molecule has 246 valence electrons. The molecule has 0 N–H and O–H groups in total. The van der Waals surface area contributed by atoms with Crippen molar-refractivity contribution in [2.24, 2.45) is 0 Å². The Morgan fingerprint density at radius 1 is 0.333 bits per heavy atom. The van der Waals surface area contributed by atoms with Crippen molar-refractivity contribution in [2.45, 2.75) is 33.1 Å². The van der Waals surface area contributed by atoms with Gasteiger partial charge in [0.05, 0.1) is 5.41 Å². The molecule has 0 aromatic heterocycles. The standard InChI is InChI=1S/C49H38O2/c1-31-13-21-41(25-33(31)3)50-43-23-17-35-27-39(19-15-37(35)29-43)49(47-11-7-5-9-45(47)46-10-6-8-12-48(46)49)40-20-16-38-30-44(24-18-36(38)28-40)51-42-22-14-32(2)34(4)26-42/h5-30H,1-4H3. The maximum absolute atomic E-state index is 6.32. The Morgan fingerprint density at radius 2 is 0.706 bits per heavy atom. The zero-order valence-corrected chi connectivity index (χ0v) is 29.3. The lowest BCUT2D eigenvalue weighted by molar-refractivity contribution is 0.482. The van der Waals surface area contributed by atoms with Gasteiger partial charge in [0.15, 0.2) is 0 Å². The van der Waals surface area contributed by atoms with Gasteiger partial charge in [-0.15, -0.1) is 0 Å². The fourth-order valence-corrected chi connectivity index (χ4v) is 7.89. The van der Waals surface area contributed by atoms with Crippen LogP contribution in [-0.2, 0) is 5.41 Å². The van der Waals surface area contributed by atoms with E-state index in [4.69, 9.17) is 9.47 Å². The lowest BCUT2D eigenvalue weighted by Crippen LogP contribution is -2.28. The Kier molecular flexibility index (Phi) is 7.29. The molecule has 0 aliphatic heterocycles. The van der Waals surface area contributed by atoms with E-state index in [-0.39, 0.29) is 0 Å². The summed E-state index contributed by atoms with van der Waals surface area (Å²) >= 11 is 0. The Morgan fingerprint density at radius 3 is 1.16 bits per heavy atom. The number of hydrogen-bond acceptors (Lipinski definition) is 2.